The van der Waals surface area contributed by atoms with Gasteiger partial charge in [-0.15, -0.1) is 0 Å². The third kappa shape index (κ3) is 2.04. The number of aromatic hydroxyl groups is 1. The van der Waals surface area contributed by atoms with Gasteiger partial charge >= 0.3 is 0 Å². The Morgan fingerprint density at radius 2 is 2.15 bits per heavy atom. The van der Waals surface area contributed by atoms with E-state index in [9.17, 15) is 15.0 Å². The van der Waals surface area contributed by atoms with Gasteiger partial charge in [-0.05, 0) is 36.8 Å². The van der Waals surface area contributed by atoms with Gasteiger partial charge in [-0.2, -0.15) is 0 Å². The SMILES string of the molecule is C=C1OCc2c(cc3n(c2=O)Cc2cc4cc(O)ccc4nc2-3)[C@@]1(O)CC. The number of rotatable bonds is 1. The van der Waals surface area contributed by atoms with Crippen LogP contribution in [0.15, 0.2) is 47.5 Å². The largest absolute Gasteiger partial charge is 0.508 e. The normalized spacial score (nSPS) is 20.1. The second-order valence-electron chi connectivity index (χ2n) is 7.11. The maximum atomic E-state index is 13.1. The fourth-order valence-corrected chi connectivity index (χ4v) is 4.09. The van der Waals surface area contributed by atoms with E-state index in [2.05, 4.69) is 6.58 Å². The molecular weight excluding hydrogens is 344 g/mol. The van der Waals surface area contributed by atoms with Crippen molar-refractivity contribution in [1.82, 2.24) is 9.55 Å². The van der Waals surface area contributed by atoms with Crippen LogP contribution in [0.4, 0.5) is 0 Å². The van der Waals surface area contributed by atoms with Crippen LogP contribution in [-0.4, -0.2) is 19.8 Å². The summed E-state index contributed by atoms with van der Waals surface area (Å²) in [7, 11) is 0. The molecule has 0 unspecified atom stereocenters. The predicted molar refractivity (Wildman–Crippen MR) is 100 cm³/mol. The maximum absolute atomic E-state index is 13.1. The number of phenolic OH excluding ortho intramolecular Hbond substituents is 1. The molecule has 0 spiro atoms. The Hall–Kier alpha value is -3.12. The number of aliphatic hydroxyl groups is 1. The molecule has 5 rings (SSSR count). The van der Waals surface area contributed by atoms with E-state index in [1.54, 1.807) is 22.8 Å². The standard InChI is InChI=1S/C21H18N2O4/c1-3-21(26)11(2)27-10-15-16(21)8-18-19-13(9-23(18)20(15)25)6-12-7-14(24)4-5-17(12)22-19/h4-8,24,26H,2-3,9-10H2,1H3/t21-/m1/s1. The predicted octanol–water partition coefficient (Wildman–Crippen LogP) is 2.77. The van der Waals surface area contributed by atoms with Crippen LogP contribution >= 0.6 is 0 Å². The van der Waals surface area contributed by atoms with Gasteiger partial charge in [0, 0.05) is 16.5 Å². The molecule has 0 radical (unpaired) electrons. The van der Waals surface area contributed by atoms with Gasteiger partial charge in [0.05, 0.1) is 29.0 Å². The van der Waals surface area contributed by atoms with Crippen molar-refractivity contribution in [2.45, 2.75) is 32.1 Å². The van der Waals surface area contributed by atoms with Gasteiger partial charge < -0.3 is 19.5 Å². The Bertz CT molecular complexity index is 1210. The van der Waals surface area contributed by atoms with E-state index in [1.807, 2.05) is 19.1 Å². The molecule has 3 aromatic rings. The molecule has 6 nitrogen and oxygen atoms in total. The summed E-state index contributed by atoms with van der Waals surface area (Å²) in [6, 6.07) is 8.80. The van der Waals surface area contributed by atoms with E-state index in [0.717, 1.165) is 22.2 Å². The van der Waals surface area contributed by atoms with Gasteiger partial charge in [0.25, 0.3) is 5.56 Å². The van der Waals surface area contributed by atoms with Crippen molar-refractivity contribution in [3.05, 3.63) is 69.7 Å². The number of hydrogen-bond donors (Lipinski definition) is 2. The highest BCUT2D eigenvalue weighted by Crippen LogP contribution is 2.41. The third-order valence-electron chi connectivity index (χ3n) is 5.66. The summed E-state index contributed by atoms with van der Waals surface area (Å²) < 4.78 is 7.17. The molecule has 1 atom stereocenters. The van der Waals surface area contributed by atoms with Gasteiger partial charge in [0.15, 0.2) is 0 Å². The molecule has 2 N–H and O–H groups in total. The first-order valence-electron chi connectivity index (χ1n) is 8.87. The van der Waals surface area contributed by atoms with Crippen LogP contribution in [0.5, 0.6) is 5.75 Å². The summed E-state index contributed by atoms with van der Waals surface area (Å²) in [5, 5.41) is 21.6. The van der Waals surface area contributed by atoms with Crippen LogP contribution in [-0.2, 0) is 23.5 Å². The first-order valence-corrected chi connectivity index (χ1v) is 8.87. The number of aromatic nitrogens is 2. The summed E-state index contributed by atoms with van der Waals surface area (Å²) in [4.78, 5) is 17.8. The van der Waals surface area contributed by atoms with Crippen molar-refractivity contribution < 1.29 is 14.9 Å². The zero-order valence-electron chi connectivity index (χ0n) is 14.8. The van der Waals surface area contributed by atoms with E-state index in [-0.39, 0.29) is 23.7 Å². The maximum Gasteiger partial charge on any atom is 0.258 e. The molecule has 4 heterocycles. The lowest BCUT2D eigenvalue weighted by Crippen LogP contribution is -2.38. The van der Waals surface area contributed by atoms with Crippen molar-refractivity contribution in [2.75, 3.05) is 0 Å². The quantitative estimate of drug-likeness (QED) is 0.544. The highest BCUT2D eigenvalue weighted by molar-refractivity contribution is 5.85. The molecule has 136 valence electrons. The van der Waals surface area contributed by atoms with E-state index >= 15 is 0 Å². The van der Waals surface area contributed by atoms with E-state index < -0.39 is 5.60 Å². The third-order valence-corrected chi connectivity index (χ3v) is 5.66. The molecule has 1 aromatic carbocycles. The van der Waals surface area contributed by atoms with Crippen LogP contribution < -0.4 is 5.56 Å². The molecule has 6 heteroatoms. The van der Waals surface area contributed by atoms with Gasteiger partial charge in [-0.1, -0.05) is 13.5 Å². The monoisotopic (exact) mass is 362 g/mol. The lowest BCUT2D eigenvalue weighted by Gasteiger charge is -2.35. The molecule has 0 fully saturated rings. The zero-order chi connectivity index (χ0) is 18.9. The first kappa shape index (κ1) is 16.1. The van der Waals surface area contributed by atoms with Gasteiger partial charge in [0.2, 0.25) is 0 Å². The number of fused-ring (bicyclic) bond motifs is 5. The summed E-state index contributed by atoms with van der Waals surface area (Å²) in [5.41, 5.74) is 2.52. The molecule has 0 saturated heterocycles. The summed E-state index contributed by atoms with van der Waals surface area (Å²) in [5.74, 6) is 0.443. The number of phenols is 1. The molecule has 2 aliphatic heterocycles. The first-order chi connectivity index (χ1) is 12.9. The smallest absolute Gasteiger partial charge is 0.258 e. The second kappa shape index (κ2) is 5.20. The molecular formula is C21H18N2O4. The summed E-state index contributed by atoms with van der Waals surface area (Å²) in [6.45, 7) is 6.18. The number of pyridine rings is 2. The molecule has 2 aliphatic rings. The topological polar surface area (TPSA) is 84.6 Å². The number of nitrogens with zero attached hydrogens (tertiary/aromatic N) is 2. The van der Waals surface area contributed by atoms with E-state index in [4.69, 9.17) is 9.72 Å². The van der Waals surface area contributed by atoms with Gasteiger partial charge in [-0.3, -0.25) is 4.79 Å². The number of hydrogen-bond acceptors (Lipinski definition) is 5. The van der Waals surface area contributed by atoms with Crippen molar-refractivity contribution >= 4 is 10.9 Å². The Balaban J connectivity index is 1.80. The molecule has 0 saturated carbocycles. The zero-order valence-corrected chi connectivity index (χ0v) is 14.8. The lowest BCUT2D eigenvalue weighted by atomic mass is 9.84. The minimum Gasteiger partial charge on any atom is -0.508 e. The van der Waals surface area contributed by atoms with Crippen LogP contribution in [0, 0.1) is 0 Å². The van der Waals surface area contributed by atoms with Crippen molar-refractivity contribution in [3.63, 3.8) is 0 Å². The van der Waals surface area contributed by atoms with E-state index in [1.165, 1.54) is 0 Å². The Morgan fingerprint density at radius 3 is 2.93 bits per heavy atom. The fraction of sp³-hybridized carbons (Fsp3) is 0.238. The lowest BCUT2D eigenvalue weighted by molar-refractivity contribution is -0.0172. The van der Waals surface area contributed by atoms with Crippen LogP contribution in [0.1, 0.15) is 30.0 Å². The number of benzene rings is 1. The summed E-state index contributed by atoms with van der Waals surface area (Å²) >= 11 is 0. The van der Waals surface area contributed by atoms with Crippen LogP contribution in [0.3, 0.4) is 0 Å². The minimum absolute atomic E-state index is 0.106. The minimum atomic E-state index is -1.38. The van der Waals surface area contributed by atoms with Gasteiger partial charge in [-0.25, -0.2) is 4.98 Å². The highest BCUT2D eigenvalue weighted by Gasteiger charge is 2.41. The van der Waals surface area contributed by atoms with Crippen molar-refractivity contribution in [2.24, 2.45) is 0 Å². The average molecular weight is 362 g/mol. The van der Waals surface area contributed by atoms with E-state index in [0.29, 0.717) is 29.8 Å². The van der Waals surface area contributed by atoms with Gasteiger partial charge in [0.1, 0.15) is 23.7 Å². The number of ether oxygens (including phenoxy) is 1. The fourth-order valence-electron chi connectivity index (χ4n) is 4.09. The molecule has 2 aromatic heterocycles. The Labute approximate surface area is 155 Å². The Kier molecular flexibility index (Phi) is 3.10. The molecule has 0 bridgehead atoms. The molecule has 0 amide bonds. The average Bonchev–Trinajstić information content (AvgIpc) is 3.01. The molecule has 27 heavy (non-hydrogen) atoms. The van der Waals surface area contributed by atoms with Crippen molar-refractivity contribution in [1.29, 1.82) is 0 Å². The van der Waals surface area contributed by atoms with Crippen LogP contribution in [0.2, 0.25) is 0 Å². The molecule has 0 aliphatic carbocycles. The second-order valence-corrected chi connectivity index (χ2v) is 7.11. The highest BCUT2D eigenvalue weighted by atomic mass is 16.5. The summed E-state index contributed by atoms with van der Waals surface area (Å²) in [6.07, 6.45) is 0.360. The van der Waals surface area contributed by atoms with Crippen LogP contribution in [0.25, 0.3) is 22.3 Å². The Morgan fingerprint density at radius 1 is 1.33 bits per heavy atom. The van der Waals surface area contributed by atoms with Crippen molar-refractivity contribution in [3.8, 4) is 17.1 Å².